The van der Waals surface area contributed by atoms with Gasteiger partial charge >= 0.3 is 0 Å². The lowest BCUT2D eigenvalue weighted by atomic mass is 10.1. The van der Waals surface area contributed by atoms with Crippen molar-refractivity contribution in [3.05, 3.63) is 53.3 Å². The summed E-state index contributed by atoms with van der Waals surface area (Å²) in [6.07, 6.45) is 1.24. The third kappa shape index (κ3) is 2.67. The van der Waals surface area contributed by atoms with E-state index < -0.39 is 11.6 Å². The highest BCUT2D eigenvalue weighted by Crippen LogP contribution is 2.26. The molecular formula is C14H6F2N2O. The molecule has 1 aromatic carbocycles. The lowest BCUT2D eigenvalue weighted by Gasteiger charge is -1.98. The highest BCUT2D eigenvalue weighted by atomic mass is 19.1. The van der Waals surface area contributed by atoms with E-state index in [1.807, 2.05) is 0 Å². The van der Waals surface area contributed by atoms with Crippen molar-refractivity contribution in [2.75, 3.05) is 0 Å². The molecular weight excluding hydrogens is 250 g/mol. The molecule has 0 aliphatic rings. The Kier molecular flexibility index (Phi) is 3.40. The van der Waals surface area contributed by atoms with Crippen molar-refractivity contribution in [1.29, 1.82) is 10.5 Å². The van der Waals surface area contributed by atoms with Gasteiger partial charge in [-0.3, -0.25) is 0 Å². The van der Waals surface area contributed by atoms with Gasteiger partial charge in [-0.2, -0.15) is 10.5 Å². The summed E-state index contributed by atoms with van der Waals surface area (Å²) in [5.74, 6) is -0.981. The molecule has 0 N–H and O–H groups in total. The zero-order chi connectivity index (χ0) is 13.8. The van der Waals surface area contributed by atoms with E-state index in [1.165, 1.54) is 24.3 Å². The van der Waals surface area contributed by atoms with Gasteiger partial charge < -0.3 is 4.42 Å². The number of halogens is 2. The highest BCUT2D eigenvalue weighted by molar-refractivity contribution is 5.63. The molecule has 0 atom stereocenters. The number of rotatable bonds is 2. The van der Waals surface area contributed by atoms with Gasteiger partial charge in [-0.1, -0.05) is 0 Å². The second kappa shape index (κ2) is 5.16. The van der Waals surface area contributed by atoms with Crippen LogP contribution in [0.2, 0.25) is 0 Å². The first-order valence-corrected chi connectivity index (χ1v) is 5.21. The fourth-order valence-electron chi connectivity index (χ4n) is 1.50. The Bertz CT molecular complexity index is 717. The largest absolute Gasteiger partial charge is 0.457 e. The summed E-state index contributed by atoms with van der Waals surface area (Å²) < 4.78 is 31.6. The first kappa shape index (κ1) is 12.5. The molecule has 0 spiro atoms. The van der Waals surface area contributed by atoms with E-state index in [0.29, 0.717) is 0 Å². The molecule has 0 fully saturated rings. The first-order valence-electron chi connectivity index (χ1n) is 5.21. The predicted octanol–water partition coefficient (Wildman–Crippen LogP) is 3.66. The lowest BCUT2D eigenvalue weighted by molar-refractivity contribution is 0.554. The van der Waals surface area contributed by atoms with Gasteiger partial charge in [0.1, 0.15) is 40.9 Å². The topological polar surface area (TPSA) is 60.7 Å². The summed E-state index contributed by atoms with van der Waals surface area (Å²) in [7, 11) is 0. The van der Waals surface area contributed by atoms with Crippen molar-refractivity contribution in [2.45, 2.75) is 0 Å². The molecule has 19 heavy (non-hydrogen) atoms. The molecule has 2 aromatic rings. The number of hydrogen-bond acceptors (Lipinski definition) is 3. The highest BCUT2D eigenvalue weighted by Gasteiger charge is 2.10. The molecule has 0 bridgehead atoms. The van der Waals surface area contributed by atoms with Crippen LogP contribution in [0.5, 0.6) is 0 Å². The first-order chi connectivity index (χ1) is 9.13. The molecule has 1 aromatic heterocycles. The summed E-state index contributed by atoms with van der Waals surface area (Å²) in [6, 6.07) is 9.47. The summed E-state index contributed by atoms with van der Waals surface area (Å²) in [4.78, 5) is 0. The zero-order valence-corrected chi connectivity index (χ0v) is 9.52. The smallest absolute Gasteiger partial charge is 0.137 e. The Morgan fingerprint density at radius 2 is 1.84 bits per heavy atom. The fraction of sp³-hybridized carbons (Fsp3) is 0. The fourth-order valence-corrected chi connectivity index (χ4v) is 1.50. The summed E-state index contributed by atoms with van der Waals surface area (Å²) in [6.45, 7) is 0. The number of nitriles is 2. The maximum Gasteiger partial charge on any atom is 0.137 e. The van der Waals surface area contributed by atoms with E-state index in [-0.39, 0.29) is 22.7 Å². The number of furan rings is 1. The van der Waals surface area contributed by atoms with Crippen molar-refractivity contribution < 1.29 is 13.2 Å². The van der Waals surface area contributed by atoms with Gasteiger partial charge in [0, 0.05) is 12.1 Å². The molecule has 5 heteroatoms. The third-order valence-electron chi connectivity index (χ3n) is 2.35. The maximum atomic E-state index is 13.5. The van der Waals surface area contributed by atoms with Gasteiger partial charge in [0.2, 0.25) is 0 Å². The van der Waals surface area contributed by atoms with Gasteiger partial charge in [0.15, 0.2) is 0 Å². The standard InChI is InChI=1S/C14H6F2N2O/c15-10-1-3-12(13(16)6-10)14-4-2-11(19-14)5-9(7-17)8-18/h1-6H. The van der Waals surface area contributed by atoms with E-state index in [0.717, 1.165) is 12.1 Å². The van der Waals surface area contributed by atoms with Crippen molar-refractivity contribution in [3.8, 4) is 23.5 Å². The Morgan fingerprint density at radius 1 is 1.11 bits per heavy atom. The van der Waals surface area contributed by atoms with Crippen LogP contribution in [-0.2, 0) is 0 Å². The lowest BCUT2D eigenvalue weighted by Crippen LogP contribution is -1.84. The molecule has 0 radical (unpaired) electrons. The van der Waals surface area contributed by atoms with Gasteiger partial charge in [-0.05, 0) is 24.3 Å². The quantitative estimate of drug-likeness (QED) is 0.770. The van der Waals surface area contributed by atoms with Crippen LogP contribution in [0.4, 0.5) is 8.78 Å². The van der Waals surface area contributed by atoms with Gasteiger partial charge in [0.05, 0.1) is 5.56 Å². The second-order valence-electron chi connectivity index (χ2n) is 3.61. The maximum absolute atomic E-state index is 13.5. The van der Waals surface area contributed by atoms with E-state index >= 15 is 0 Å². The number of allylic oxidation sites excluding steroid dienone is 1. The zero-order valence-electron chi connectivity index (χ0n) is 9.52. The Hall–Kier alpha value is -2.92. The molecule has 0 saturated carbocycles. The number of nitrogens with zero attached hydrogens (tertiary/aromatic N) is 2. The Labute approximate surface area is 107 Å². The number of hydrogen-bond donors (Lipinski definition) is 0. The minimum atomic E-state index is -0.745. The molecule has 3 nitrogen and oxygen atoms in total. The minimum absolute atomic E-state index is 0.108. The van der Waals surface area contributed by atoms with Crippen molar-refractivity contribution in [1.82, 2.24) is 0 Å². The van der Waals surface area contributed by atoms with Crippen LogP contribution in [-0.4, -0.2) is 0 Å². The minimum Gasteiger partial charge on any atom is -0.457 e. The van der Waals surface area contributed by atoms with Crippen molar-refractivity contribution >= 4 is 6.08 Å². The van der Waals surface area contributed by atoms with Crippen LogP contribution in [0.15, 0.2) is 40.3 Å². The molecule has 0 saturated heterocycles. The average Bonchev–Trinajstić information content (AvgIpc) is 2.84. The van der Waals surface area contributed by atoms with Crippen LogP contribution < -0.4 is 0 Å². The van der Waals surface area contributed by atoms with Crippen molar-refractivity contribution in [2.24, 2.45) is 0 Å². The van der Waals surface area contributed by atoms with Crippen LogP contribution in [0.1, 0.15) is 5.76 Å². The van der Waals surface area contributed by atoms with Crippen LogP contribution in [0.25, 0.3) is 17.4 Å². The molecule has 2 rings (SSSR count). The predicted molar refractivity (Wildman–Crippen MR) is 63.3 cm³/mol. The average molecular weight is 256 g/mol. The summed E-state index contributed by atoms with van der Waals surface area (Å²) in [5, 5.41) is 17.2. The summed E-state index contributed by atoms with van der Waals surface area (Å²) >= 11 is 0. The van der Waals surface area contributed by atoms with Gasteiger partial charge in [-0.25, -0.2) is 8.78 Å². The SMILES string of the molecule is N#CC(C#N)=Cc1ccc(-c2ccc(F)cc2F)o1. The molecule has 0 aliphatic carbocycles. The van der Waals surface area contributed by atoms with Crippen LogP contribution >= 0.6 is 0 Å². The van der Waals surface area contributed by atoms with Crippen LogP contribution in [0, 0.1) is 34.3 Å². The Morgan fingerprint density at radius 3 is 2.47 bits per heavy atom. The Balaban J connectivity index is 2.40. The molecule has 92 valence electrons. The van der Waals surface area contributed by atoms with Gasteiger partial charge in [0.25, 0.3) is 0 Å². The molecule has 0 aliphatic heterocycles. The van der Waals surface area contributed by atoms with Crippen molar-refractivity contribution in [3.63, 3.8) is 0 Å². The van der Waals surface area contributed by atoms with Crippen LogP contribution in [0.3, 0.4) is 0 Å². The normalized spacial score (nSPS) is 9.47. The third-order valence-corrected chi connectivity index (χ3v) is 2.35. The molecule has 0 unspecified atom stereocenters. The monoisotopic (exact) mass is 256 g/mol. The van der Waals surface area contributed by atoms with E-state index in [2.05, 4.69) is 0 Å². The second-order valence-corrected chi connectivity index (χ2v) is 3.61. The summed E-state index contributed by atoms with van der Waals surface area (Å²) in [5.41, 5.74) is -0.0167. The van der Waals surface area contributed by atoms with E-state index in [1.54, 1.807) is 12.1 Å². The van der Waals surface area contributed by atoms with Gasteiger partial charge in [-0.15, -0.1) is 0 Å². The molecule has 0 amide bonds. The number of benzene rings is 1. The van der Waals surface area contributed by atoms with E-state index in [4.69, 9.17) is 14.9 Å². The molecule has 1 heterocycles. The van der Waals surface area contributed by atoms with E-state index in [9.17, 15) is 8.78 Å².